The average Bonchev–Trinajstić information content (AvgIpc) is 2.75. The molecule has 1 heteroatoms. The molecular formula is C16H16O. The van der Waals surface area contributed by atoms with E-state index in [2.05, 4.69) is 42.5 Å². The van der Waals surface area contributed by atoms with Crippen molar-refractivity contribution in [2.24, 2.45) is 5.92 Å². The quantitative estimate of drug-likeness (QED) is 0.759. The van der Waals surface area contributed by atoms with Crippen molar-refractivity contribution in [1.29, 1.82) is 0 Å². The monoisotopic (exact) mass is 224 g/mol. The van der Waals surface area contributed by atoms with E-state index in [0.717, 1.165) is 25.7 Å². The number of ketones is 1. The van der Waals surface area contributed by atoms with Crippen LogP contribution >= 0.6 is 0 Å². The molecule has 1 nitrogen and oxygen atoms in total. The highest BCUT2D eigenvalue weighted by atomic mass is 16.1. The molecule has 1 aliphatic rings. The molecule has 0 bridgehead atoms. The van der Waals surface area contributed by atoms with Crippen molar-refractivity contribution in [3.63, 3.8) is 0 Å². The molecular weight excluding hydrogens is 208 g/mol. The van der Waals surface area contributed by atoms with Crippen LogP contribution in [0.5, 0.6) is 0 Å². The standard InChI is InChI=1S/C16H16O/c17-15-9-8-12(11-15)10-14-6-3-5-13-4-1-2-7-16(13)14/h1-7,12H,8-11H2. The maximum Gasteiger partial charge on any atom is 0.133 e. The third kappa shape index (κ3) is 2.10. The Kier molecular flexibility index (Phi) is 2.68. The highest BCUT2D eigenvalue weighted by Crippen LogP contribution is 2.28. The molecule has 17 heavy (non-hydrogen) atoms. The van der Waals surface area contributed by atoms with Crippen molar-refractivity contribution in [3.8, 4) is 0 Å². The molecule has 0 aliphatic heterocycles. The predicted octanol–water partition coefficient (Wildman–Crippen LogP) is 3.75. The van der Waals surface area contributed by atoms with E-state index >= 15 is 0 Å². The molecule has 1 unspecified atom stereocenters. The predicted molar refractivity (Wildman–Crippen MR) is 70.0 cm³/mol. The van der Waals surface area contributed by atoms with E-state index in [0.29, 0.717) is 11.7 Å². The first-order valence-electron chi connectivity index (χ1n) is 6.31. The van der Waals surface area contributed by atoms with Gasteiger partial charge in [0, 0.05) is 12.8 Å². The van der Waals surface area contributed by atoms with E-state index in [1.54, 1.807) is 0 Å². The number of hydrogen-bond acceptors (Lipinski definition) is 1. The van der Waals surface area contributed by atoms with Crippen molar-refractivity contribution >= 4 is 16.6 Å². The molecule has 0 N–H and O–H groups in total. The minimum absolute atomic E-state index is 0.440. The summed E-state index contributed by atoms with van der Waals surface area (Å²) < 4.78 is 0. The van der Waals surface area contributed by atoms with Gasteiger partial charge in [0.1, 0.15) is 5.78 Å². The molecule has 2 aromatic rings. The first kappa shape index (κ1) is 10.5. The molecule has 3 rings (SSSR count). The van der Waals surface area contributed by atoms with Gasteiger partial charge in [-0.1, -0.05) is 42.5 Å². The molecule has 1 atom stereocenters. The number of carbonyl (C=O) groups excluding carboxylic acids is 1. The summed E-state index contributed by atoms with van der Waals surface area (Å²) in [5, 5.41) is 2.64. The van der Waals surface area contributed by atoms with Gasteiger partial charge >= 0.3 is 0 Å². The Hall–Kier alpha value is -1.63. The summed E-state index contributed by atoms with van der Waals surface area (Å²) in [6.07, 6.45) is 3.69. The van der Waals surface area contributed by atoms with Gasteiger partial charge in [-0.15, -0.1) is 0 Å². The summed E-state index contributed by atoms with van der Waals surface area (Å²) in [7, 11) is 0. The molecule has 0 aromatic heterocycles. The van der Waals surface area contributed by atoms with Gasteiger partial charge in [-0.25, -0.2) is 0 Å². The van der Waals surface area contributed by atoms with Gasteiger partial charge in [0.25, 0.3) is 0 Å². The Bertz CT molecular complexity index is 551. The highest BCUT2D eigenvalue weighted by Gasteiger charge is 2.22. The van der Waals surface area contributed by atoms with Crippen LogP contribution in [0.25, 0.3) is 10.8 Å². The molecule has 0 spiro atoms. The van der Waals surface area contributed by atoms with Gasteiger partial charge in [-0.05, 0) is 35.1 Å². The zero-order valence-corrected chi connectivity index (χ0v) is 9.86. The van der Waals surface area contributed by atoms with E-state index in [1.807, 2.05) is 0 Å². The second-order valence-electron chi connectivity index (χ2n) is 4.99. The molecule has 0 amide bonds. The van der Waals surface area contributed by atoms with Crippen LogP contribution in [-0.4, -0.2) is 5.78 Å². The number of benzene rings is 2. The van der Waals surface area contributed by atoms with Crippen LogP contribution in [-0.2, 0) is 11.2 Å². The fraction of sp³-hybridized carbons (Fsp3) is 0.312. The fourth-order valence-electron chi connectivity index (χ4n) is 2.85. The van der Waals surface area contributed by atoms with Crippen LogP contribution < -0.4 is 0 Å². The summed E-state index contributed by atoms with van der Waals surface area (Å²) in [6, 6.07) is 15.0. The van der Waals surface area contributed by atoms with Crippen molar-refractivity contribution in [1.82, 2.24) is 0 Å². The number of rotatable bonds is 2. The Morgan fingerprint density at radius 1 is 1.06 bits per heavy atom. The van der Waals surface area contributed by atoms with Crippen molar-refractivity contribution in [2.75, 3.05) is 0 Å². The maximum atomic E-state index is 11.3. The molecule has 0 saturated heterocycles. The second kappa shape index (κ2) is 4.33. The lowest BCUT2D eigenvalue weighted by Gasteiger charge is -2.10. The van der Waals surface area contributed by atoms with Gasteiger partial charge in [-0.3, -0.25) is 4.79 Å². The van der Waals surface area contributed by atoms with Crippen LogP contribution in [0, 0.1) is 5.92 Å². The number of carbonyl (C=O) groups is 1. The van der Waals surface area contributed by atoms with Crippen molar-refractivity contribution in [2.45, 2.75) is 25.7 Å². The zero-order valence-electron chi connectivity index (χ0n) is 9.86. The first-order chi connectivity index (χ1) is 8.33. The number of Topliss-reactive ketones (excluding diaryl/α,β-unsaturated/α-hetero) is 1. The molecule has 1 aliphatic carbocycles. The minimum Gasteiger partial charge on any atom is -0.300 e. The molecule has 86 valence electrons. The van der Waals surface area contributed by atoms with Crippen LogP contribution in [0.2, 0.25) is 0 Å². The maximum absolute atomic E-state index is 11.3. The normalized spacial score (nSPS) is 20.0. The third-order valence-electron chi connectivity index (χ3n) is 3.74. The highest BCUT2D eigenvalue weighted by molar-refractivity contribution is 5.86. The summed E-state index contributed by atoms with van der Waals surface area (Å²) in [5.41, 5.74) is 1.39. The van der Waals surface area contributed by atoms with E-state index in [4.69, 9.17) is 0 Å². The van der Waals surface area contributed by atoms with E-state index in [1.165, 1.54) is 16.3 Å². The Morgan fingerprint density at radius 3 is 2.71 bits per heavy atom. The van der Waals surface area contributed by atoms with E-state index < -0.39 is 0 Å². The van der Waals surface area contributed by atoms with Crippen LogP contribution in [0.3, 0.4) is 0 Å². The van der Waals surface area contributed by atoms with Gasteiger partial charge in [-0.2, -0.15) is 0 Å². The SMILES string of the molecule is O=C1CCC(Cc2cccc3ccccc23)C1. The second-order valence-corrected chi connectivity index (χ2v) is 4.99. The van der Waals surface area contributed by atoms with Crippen molar-refractivity contribution in [3.05, 3.63) is 48.0 Å². The average molecular weight is 224 g/mol. The lowest BCUT2D eigenvalue weighted by Crippen LogP contribution is -2.00. The lowest BCUT2D eigenvalue weighted by molar-refractivity contribution is -0.117. The van der Waals surface area contributed by atoms with Gasteiger partial charge in [0.05, 0.1) is 0 Å². The Balaban J connectivity index is 1.92. The Morgan fingerprint density at radius 2 is 1.88 bits per heavy atom. The molecule has 0 heterocycles. The first-order valence-corrected chi connectivity index (χ1v) is 6.31. The topological polar surface area (TPSA) is 17.1 Å². The summed E-state index contributed by atoms with van der Waals surface area (Å²) in [5.74, 6) is 1.00. The van der Waals surface area contributed by atoms with E-state index in [9.17, 15) is 4.79 Å². The van der Waals surface area contributed by atoms with Crippen molar-refractivity contribution < 1.29 is 4.79 Å². The van der Waals surface area contributed by atoms with Crippen LogP contribution in [0.4, 0.5) is 0 Å². The molecule has 2 aromatic carbocycles. The summed E-state index contributed by atoms with van der Waals surface area (Å²) >= 11 is 0. The van der Waals surface area contributed by atoms with Gasteiger partial charge in [0.15, 0.2) is 0 Å². The largest absolute Gasteiger partial charge is 0.300 e. The lowest BCUT2D eigenvalue weighted by atomic mass is 9.94. The number of fused-ring (bicyclic) bond motifs is 1. The molecule has 1 fully saturated rings. The third-order valence-corrected chi connectivity index (χ3v) is 3.74. The molecule has 1 saturated carbocycles. The van der Waals surface area contributed by atoms with Crippen LogP contribution in [0.1, 0.15) is 24.8 Å². The zero-order chi connectivity index (χ0) is 11.7. The van der Waals surface area contributed by atoms with Gasteiger partial charge in [0.2, 0.25) is 0 Å². The fourth-order valence-corrected chi connectivity index (χ4v) is 2.85. The summed E-state index contributed by atoms with van der Waals surface area (Å²) in [4.78, 5) is 11.3. The Labute approximate surface area is 101 Å². The molecule has 0 radical (unpaired) electrons. The van der Waals surface area contributed by atoms with E-state index in [-0.39, 0.29) is 0 Å². The smallest absolute Gasteiger partial charge is 0.133 e. The number of hydrogen-bond donors (Lipinski definition) is 0. The van der Waals surface area contributed by atoms with Crippen LogP contribution in [0.15, 0.2) is 42.5 Å². The van der Waals surface area contributed by atoms with Gasteiger partial charge < -0.3 is 0 Å². The summed E-state index contributed by atoms with van der Waals surface area (Å²) in [6.45, 7) is 0. The minimum atomic E-state index is 0.440.